The Bertz CT molecular complexity index is 889. The summed E-state index contributed by atoms with van der Waals surface area (Å²) in [6.07, 6.45) is 0.838. The minimum atomic E-state index is -0.194. The van der Waals surface area contributed by atoms with Crippen LogP contribution in [0.25, 0.3) is 0 Å². The Hall–Kier alpha value is -2.64. The number of hydrogen-bond acceptors (Lipinski definition) is 3. The Balaban J connectivity index is 1.64. The molecule has 2 aromatic carbocycles. The topological polar surface area (TPSA) is 52.5 Å². The summed E-state index contributed by atoms with van der Waals surface area (Å²) in [6, 6.07) is 17.1. The van der Waals surface area contributed by atoms with Gasteiger partial charge in [0.1, 0.15) is 32.0 Å². The first-order valence-electron chi connectivity index (χ1n) is 9.92. The van der Waals surface area contributed by atoms with Crippen LogP contribution in [-0.4, -0.2) is 53.4 Å². The number of piperazine rings is 1. The van der Waals surface area contributed by atoms with Crippen LogP contribution in [0, 0.1) is 5.82 Å². The van der Waals surface area contributed by atoms with E-state index in [1.54, 1.807) is 6.07 Å². The molecule has 7 heteroatoms. The van der Waals surface area contributed by atoms with Gasteiger partial charge in [-0.05, 0) is 34.5 Å². The van der Waals surface area contributed by atoms with Gasteiger partial charge < -0.3 is 9.80 Å². The minimum absolute atomic E-state index is 0.191. The van der Waals surface area contributed by atoms with Crippen LogP contribution in [0.1, 0.15) is 23.0 Å². The zero-order valence-electron chi connectivity index (χ0n) is 16.2. The summed E-state index contributed by atoms with van der Waals surface area (Å²) in [6.45, 7) is 4.74. The van der Waals surface area contributed by atoms with Crippen molar-refractivity contribution >= 4 is 0 Å². The first kappa shape index (κ1) is 18.7. The molecule has 2 N–H and O–H groups in total. The largest absolute Gasteiger partial charge is 0.328 e. The second-order valence-corrected chi connectivity index (χ2v) is 7.57. The van der Waals surface area contributed by atoms with E-state index in [1.165, 1.54) is 21.4 Å². The quantitative estimate of drug-likeness (QED) is 0.608. The Kier molecular flexibility index (Phi) is 5.73. The maximum Gasteiger partial charge on any atom is 0.214 e. The zero-order valence-corrected chi connectivity index (χ0v) is 16.2. The molecule has 3 aromatic rings. The molecule has 6 nitrogen and oxygen atoms in total. The smallest absolute Gasteiger partial charge is 0.214 e. The molecule has 1 aliphatic heterocycles. The molecule has 28 heavy (non-hydrogen) atoms. The molecule has 1 aliphatic rings. The monoisotopic (exact) mass is 382 g/mol. The van der Waals surface area contributed by atoms with Gasteiger partial charge in [-0.3, -0.25) is 0 Å². The molecule has 2 heterocycles. The molecule has 4 rings (SSSR count). The Labute approximate surface area is 164 Å². The predicted molar refractivity (Wildman–Crippen MR) is 104 cm³/mol. The van der Waals surface area contributed by atoms with E-state index in [0.29, 0.717) is 12.1 Å². The molecule has 1 aromatic heterocycles. The highest BCUT2D eigenvalue weighted by Gasteiger charge is 2.36. The molecule has 0 unspecified atom stereocenters. The van der Waals surface area contributed by atoms with Crippen LogP contribution in [0.5, 0.6) is 0 Å². The summed E-state index contributed by atoms with van der Waals surface area (Å²) in [5.41, 5.74) is 1.91. The molecule has 0 radical (unpaired) electrons. The van der Waals surface area contributed by atoms with Crippen molar-refractivity contribution in [2.45, 2.75) is 19.0 Å². The van der Waals surface area contributed by atoms with E-state index in [9.17, 15) is 4.39 Å². The fourth-order valence-electron chi connectivity index (χ4n) is 3.99. The number of nitrogens with one attached hydrogen (secondary N) is 2. The highest BCUT2D eigenvalue weighted by atomic mass is 19.1. The Morgan fingerprint density at radius 2 is 1.71 bits per heavy atom. The fraction of sp³-hybridized carbons (Fsp3) is 0.381. The van der Waals surface area contributed by atoms with E-state index in [-0.39, 0.29) is 11.9 Å². The number of tetrazole rings is 1. The number of likely N-dealkylation sites (N-methyl/N-ethyl adjacent to an activating group) is 1. The highest BCUT2D eigenvalue weighted by Crippen LogP contribution is 2.20. The van der Waals surface area contributed by atoms with Crippen molar-refractivity contribution in [3.63, 3.8) is 0 Å². The number of aromatic nitrogens is 4. The van der Waals surface area contributed by atoms with E-state index < -0.39 is 0 Å². The van der Waals surface area contributed by atoms with Crippen molar-refractivity contribution in [2.24, 2.45) is 0 Å². The van der Waals surface area contributed by atoms with Gasteiger partial charge in [-0.25, -0.2) is 9.07 Å². The average molecular weight is 382 g/mol. The third-order valence-electron chi connectivity index (χ3n) is 5.64. The minimum Gasteiger partial charge on any atom is -0.328 e. The lowest BCUT2D eigenvalue weighted by atomic mass is 10.0. The molecule has 0 saturated carbocycles. The number of hydrogen-bond donors (Lipinski definition) is 2. The highest BCUT2D eigenvalue weighted by molar-refractivity contribution is 5.24. The fourth-order valence-corrected chi connectivity index (χ4v) is 3.99. The Morgan fingerprint density at radius 3 is 2.46 bits per heavy atom. The number of quaternary nitrogens is 2. The standard InChI is InChI=1S/C21H25FN6/c1-26-13-15-27(16-14-26)20(18-9-5-6-10-19(18)22)21-23-24-25-28(21)12-11-17-7-3-2-4-8-17/h2-10,20H,11-16H2,1H3/p+2/t20-/m1/s1. The molecule has 1 fully saturated rings. The van der Waals surface area contributed by atoms with Gasteiger partial charge in [0.05, 0.1) is 12.6 Å². The van der Waals surface area contributed by atoms with Crippen LogP contribution >= 0.6 is 0 Å². The van der Waals surface area contributed by atoms with Gasteiger partial charge in [-0.15, -0.1) is 5.10 Å². The van der Waals surface area contributed by atoms with Crippen molar-refractivity contribution < 1.29 is 14.2 Å². The molecule has 0 amide bonds. The second-order valence-electron chi connectivity index (χ2n) is 7.57. The summed E-state index contributed by atoms with van der Waals surface area (Å²) in [7, 11) is 2.21. The van der Waals surface area contributed by atoms with Crippen molar-refractivity contribution in [3.8, 4) is 0 Å². The van der Waals surface area contributed by atoms with Gasteiger partial charge in [0.25, 0.3) is 0 Å². The van der Waals surface area contributed by atoms with Gasteiger partial charge in [0.2, 0.25) is 5.82 Å². The summed E-state index contributed by atoms with van der Waals surface area (Å²) >= 11 is 0. The number of rotatable bonds is 6. The van der Waals surface area contributed by atoms with Crippen LogP contribution in [0.4, 0.5) is 4.39 Å². The number of benzene rings is 2. The number of halogens is 1. The van der Waals surface area contributed by atoms with Crippen LogP contribution in [-0.2, 0) is 13.0 Å². The van der Waals surface area contributed by atoms with Gasteiger partial charge in [0.15, 0.2) is 6.04 Å². The van der Waals surface area contributed by atoms with Crippen LogP contribution in [0.2, 0.25) is 0 Å². The van der Waals surface area contributed by atoms with Crippen molar-refractivity contribution in [1.82, 2.24) is 20.2 Å². The van der Waals surface area contributed by atoms with Crippen LogP contribution < -0.4 is 9.80 Å². The predicted octanol–water partition coefficient (Wildman–Crippen LogP) is -0.442. The lowest BCUT2D eigenvalue weighted by Gasteiger charge is -2.32. The molecule has 1 atom stereocenters. The normalized spacial score (nSPS) is 20.8. The Morgan fingerprint density at radius 1 is 1.00 bits per heavy atom. The molecule has 146 valence electrons. The first-order valence-corrected chi connectivity index (χ1v) is 9.92. The third kappa shape index (κ3) is 4.10. The maximum absolute atomic E-state index is 14.7. The number of aryl methyl sites for hydroxylation is 2. The summed E-state index contributed by atoms with van der Waals surface area (Å²) in [5.74, 6) is 0.555. The second kappa shape index (κ2) is 8.58. The van der Waals surface area contributed by atoms with E-state index in [2.05, 4.69) is 34.7 Å². The van der Waals surface area contributed by atoms with Crippen molar-refractivity contribution in [2.75, 3.05) is 33.2 Å². The van der Waals surface area contributed by atoms with E-state index >= 15 is 0 Å². The number of nitrogens with zero attached hydrogens (tertiary/aromatic N) is 4. The van der Waals surface area contributed by atoms with Gasteiger partial charge >= 0.3 is 0 Å². The third-order valence-corrected chi connectivity index (χ3v) is 5.64. The average Bonchev–Trinajstić information content (AvgIpc) is 3.18. The SMILES string of the molecule is C[NH+]1CC[NH+]([C@H](c2ccccc2F)c2nnnn2CCc2ccccc2)CC1. The summed E-state index contributed by atoms with van der Waals surface area (Å²) in [4.78, 5) is 2.84. The van der Waals surface area contributed by atoms with Crippen molar-refractivity contribution in [3.05, 3.63) is 77.4 Å². The van der Waals surface area contributed by atoms with Gasteiger partial charge in [0, 0.05) is 6.54 Å². The van der Waals surface area contributed by atoms with Crippen LogP contribution in [0.15, 0.2) is 54.6 Å². The van der Waals surface area contributed by atoms with Crippen molar-refractivity contribution in [1.29, 1.82) is 0 Å². The van der Waals surface area contributed by atoms with Gasteiger partial charge in [-0.2, -0.15) is 0 Å². The lowest BCUT2D eigenvalue weighted by Crippen LogP contribution is -3.27. The zero-order chi connectivity index (χ0) is 19.3. The summed E-state index contributed by atoms with van der Waals surface area (Å²) < 4.78 is 16.6. The van der Waals surface area contributed by atoms with E-state index in [1.807, 2.05) is 35.0 Å². The van der Waals surface area contributed by atoms with Crippen LogP contribution in [0.3, 0.4) is 0 Å². The van der Waals surface area contributed by atoms with E-state index in [0.717, 1.165) is 38.4 Å². The molecular formula is C21H27FN6+2. The lowest BCUT2D eigenvalue weighted by molar-refractivity contribution is -1.02. The van der Waals surface area contributed by atoms with E-state index in [4.69, 9.17) is 0 Å². The molecule has 0 aliphatic carbocycles. The molecular weight excluding hydrogens is 355 g/mol. The maximum atomic E-state index is 14.7. The van der Waals surface area contributed by atoms with Gasteiger partial charge in [-0.1, -0.05) is 42.5 Å². The first-order chi connectivity index (χ1) is 13.7. The summed E-state index contributed by atoms with van der Waals surface area (Å²) in [5, 5.41) is 12.5. The molecule has 0 spiro atoms. The molecule has 1 saturated heterocycles. The molecule has 0 bridgehead atoms.